The van der Waals surface area contributed by atoms with Gasteiger partial charge in [0.15, 0.2) is 0 Å². The second kappa shape index (κ2) is 12.7. The number of anilines is 1. The quantitative estimate of drug-likeness (QED) is 0.408. The van der Waals surface area contributed by atoms with E-state index in [0.29, 0.717) is 48.4 Å². The van der Waals surface area contributed by atoms with E-state index in [1.54, 1.807) is 0 Å². The molecule has 2 atom stereocenters. The van der Waals surface area contributed by atoms with Crippen molar-refractivity contribution in [3.05, 3.63) is 59.2 Å². The molecule has 1 aromatic carbocycles. The van der Waals surface area contributed by atoms with Gasteiger partial charge < -0.3 is 19.8 Å². The predicted octanol–water partition coefficient (Wildman–Crippen LogP) is 5.91. The number of halogens is 7. The van der Waals surface area contributed by atoms with Crippen molar-refractivity contribution in [2.45, 2.75) is 56.0 Å². The Morgan fingerprint density at radius 1 is 0.867 bits per heavy atom. The van der Waals surface area contributed by atoms with Crippen molar-refractivity contribution in [2.24, 2.45) is 5.92 Å². The summed E-state index contributed by atoms with van der Waals surface area (Å²) in [6, 6.07) is 1.41. The normalized spacial score (nSPS) is 22.2. The Morgan fingerprint density at radius 2 is 1.44 bits per heavy atom. The first-order chi connectivity index (χ1) is 20.9. The van der Waals surface area contributed by atoms with E-state index < -0.39 is 65.0 Å². The Morgan fingerprint density at radius 3 is 1.93 bits per heavy atom. The molecular weight excluding hydrogens is 615 g/mol. The summed E-state index contributed by atoms with van der Waals surface area (Å²) in [5.74, 6) is -1.93. The van der Waals surface area contributed by atoms with Gasteiger partial charge in [0.05, 0.1) is 23.4 Å². The van der Waals surface area contributed by atoms with Crippen LogP contribution >= 0.6 is 0 Å². The molecule has 1 aliphatic carbocycles. The molecule has 0 bridgehead atoms. The van der Waals surface area contributed by atoms with Crippen molar-refractivity contribution in [1.29, 1.82) is 0 Å². The molecule has 2 aliphatic rings. The van der Waals surface area contributed by atoms with Crippen molar-refractivity contribution in [3.8, 4) is 0 Å². The lowest BCUT2D eigenvalue weighted by atomic mass is 9.84. The van der Waals surface area contributed by atoms with Gasteiger partial charge in [0.1, 0.15) is 5.82 Å². The molecule has 16 heteroatoms. The minimum absolute atomic E-state index is 0.0238. The molecule has 45 heavy (non-hydrogen) atoms. The number of hydrogen-bond acceptors (Lipinski definition) is 4. The third-order valence-electron chi connectivity index (χ3n) is 8.67. The summed E-state index contributed by atoms with van der Waals surface area (Å²) in [5, 5.41) is 9.26. The molecule has 1 aliphatic heterocycles. The van der Waals surface area contributed by atoms with Gasteiger partial charge in [-0.2, -0.15) is 26.3 Å². The zero-order valence-electron chi connectivity index (χ0n) is 24.6. The number of benzene rings is 1. The van der Waals surface area contributed by atoms with E-state index in [-0.39, 0.29) is 31.1 Å². The monoisotopic (exact) mass is 647 g/mol. The summed E-state index contributed by atoms with van der Waals surface area (Å²) in [7, 11) is 3.83. The fourth-order valence-electron chi connectivity index (χ4n) is 6.00. The van der Waals surface area contributed by atoms with E-state index in [9.17, 15) is 50.2 Å². The van der Waals surface area contributed by atoms with Crippen LogP contribution in [0.3, 0.4) is 0 Å². The molecule has 0 unspecified atom stereocenters. The van der Waals surface area contributed by atoms with Gasteiger partial charge in [-0.1, -0.05) is 0 Å². The number of carbonyl (C=O) groups is 3. The molecule has 9 nitrogen and oxygen atoms in total. The van der Waals surface area contributed by atoms with Crippen molar-refractivity contribution in [2.75, 3.05) is 39.1 Å². The Bertz CT molecular complexity index is 1380. The van der Waals surface area contributed by atoms with Crippen LogP contribution in [0.4, 0.5) is 46.0 Å². The standard InChI is InChI=1S/C29H32F7N5O4/c1-38(21-11-17(28(31,32)33)10-18(12-21)29(34,35)36)26(43)40(3)24-15-41(14-22(24)23-9-6-19(30)13-37-23)25(42)16-4-7-20(8-5-16)39(2)27(44)45/h6,9-13,16,20,22,24H,4-5,7-8,14-15H2,1-3H3,(H,44,45)/t16?,20?,22-,24+/m0/s1. The second-order valence-electron chi connectivity index (χ2n) is 11.4. The number of likely N-dealkylation sites (tertiary alicyclic amines) is 1. The number of likely N-dealkylation sites (N-methyl/N-ethyl adjacent to an activating group) is 1. The van der Waals surface area contributed by atoms with Gasteiger partial charge in [-0.05, 0) is 56.0 Å². The van der Waals surface area contributed by atoms with Gasteiger partial charge in [0, 0.05) is 63.5 Å². The van der Waals surface area contributed by atoms with Gasteiger partial charge in [-0.25, -0.2) is 14.0 Å². The topological polar surface area (TPSA) is 97.3 Å². The summed E-state index contributed by atoms with van der Waals surface area (Å²) in [5.41, 5.74) is -3.46. The number of carbonyl (C=O) groups excluding carboxylic acids is 2. The minimum atomic E-state index is -5.11. The lowest BCUT2D eigenvalue weighted by Crippen LogP contribution is -2.48. The fraction of sp³-hybridized carbons (Fsp3) is 0.517. The highest BCUT2D eigenvalue weighted by Gasteiger charge is 2.44. The van der Waals surface area contributed by atoms with Crippen molar-refractivity contribution in [1.82, 2.24) is 19.7 Å². The number of pyridine rings is 1. The van der Waals surface area contributed by atoms with Crippen LogP contribution in [0.1, 0.15) is 48.4 Å². The third kappa shape index (κ3) is 7.41. The zero-order chi connectivity index (χ0) is 33.4. The summed E-state index contributed by atoms with van der Waals surface area (Å²) < 4.78 is 94.4. The van der Waals surface area contributed by atoms with E-state index in [4.69, 9.17) is 0 Å². The molecule has 1 aromatic heterocycles. The van der Waals surface area contributed by atoms with Crippen molar-refractivity contribution in [3.63, 3.8) is 0 Å². The lowest BCUT2D eigenvalue weighted by Gasteiger charge is -2.34. The number of urea groups is 1. The first kappa shape index (κ1) is 33.8. The number of amides is 4. The van der Waals surface area contributed by atoms with E-state index in [2.05, 4.69) is 4.98 Å². The van der Waals surface area contributed by atoms with Crippen LogP contribution in [-0.4, -0.2) is 89.1 Å². The second-order valence-corrected chi connectivity index (χ2v) is 11.4. The summed E-state index contributed by atoms with van der Waals surface area (Å²) in [6.45, 7) is 0.0458. The van der Waals surface area contributed by atoms with Crippen molar-refractivity contribution < 1.29 is 50.2 Å². The van der Waals surface area contributed by atoms with Crippen LogP contribution in [-0.2, 0) is 17.1 Å². The Labute approximate surface area is 254 Å². The van der Waals surface area contributed by atoms with Gasteiger partial charge in [-0.3, -0.25) is 14.7 Å². The number of hydrogen-bond donors (Lipinski definition) is 1. The molecule has 246 valence electrons. The fourth-order valence-corrected chi connectivity index (χ4v) is 6.00. The predicted molar refractivity (Wildman–Crippen MR) is 147 cm³/mol. The molecule has 4 rings (SSSR count). The zero-order valence-corrected chi connectivity index (χ0v) is 24.6. The van der Waals surface area contributed by atoms with Crippen LogP contribution in [0.25, 0.3) is 0 Å². The largest absolute Gasteiger partial charge is 0.465 e. The number of carboxylic acid groups (broad SMARTS) is 1. The van der Waals surface area contributed by atoms with E-state index in [0.717, 1.165) is 24.2 Å². The van der Waals surface area contributed by atoms with Gasteiger partial charge >= 0.3 is 24.5 Å². The Kier molecular flexibility index (Phi) is 9.54. The molecule has 1 N–H and O–H groups in total. The highest BCUT2D eigenvalue weighted by molar-refractivity contribution is 5.92. The average Bonchev–Trinajstić information content (AvgIpc) is 3.44. The third-order valence-corrected chi connectivity index (χ3v) is 8.67. The lowest BCUT2D eigenvalue weighted by molar-refractivity contribution is -0.143. The minimum Gasteiger partial charge on any atom is -0.465 e. The number of rotatable bonds is 5. The van der Waals surface area contributed by atoms with Crippen LogP contribution in [0.2, 0.25) is 0 Å². The van der Waals surface area contributed by atoms with Crippen LogP contribution < -0.4 is 4.90 Å². The maximum absolute atomic E-state index is 13.7. The SMILES string of the molecule is CN(C(=O)N(C)[C@@H]1CN(C(=O)C2CCC(N(C)C(=O)O)CC2)C[C@H]1c1ccc(F)cn1)c1cc(C(F)(F)F)cc(C(F)(F)F)c1. The van der Waals surface area contributed by atoms with Gasteiger partial charge in [-0.15, -0.1) is 0 Å². The molecule has 2 aromatic rings. The Balaban J connectivity index is 1.58. The molecule has 0 spiro atoms. The first-order valence-electron chi connectivity index (χ1n) is 14.0. The van der Waals surface area contributed by atoms with Crippen LogP contribution in [0.5, 0.6) is 0 Å². The van der Waals surface area contributed by atoms with Gasteiger partial charge in [0.2, 0.25) is 5.91 Å². The highest BCUT2D eigenvalue weighted by Crippen LogP contribution is 2.39. The molecule has 2 heterocycles. The number of alkyl halides is 6. The molecule has 2 fully saturated rings. The van der Waals surface area contributed by atoms with Crippen LogP contribution in [0.15, 0.2) is 36.5 Å². The first-order valence-corrected chi connectivity index (χ1v) is 14.0. The molecule has 0 radical (unpaired) electrons. The molecule has 1 saturated carbocycles. The van der Waals surface area contributed by atoms with E-state index >= 15 is 0 Å². The Hall–Kier alpha value is -4.11. The maximum Gasteiger partial charge on any atom is 0.416 e. The molecular formula is C29H32F7N5O4. The summed E-state index contributed by atoms with van der Waals surface area (Å²) in [6.07, 6.45) is -8.53. The summed E-state index contributed by atoms with van der Waals surface area (Å²) in [4.78, 5) is 47.1. The molecule has 1 saturated heterocycles. The van der Waals surface area contributed by atoms with E-state index in [1.807, 2.05) is 0 Å². The smallest absolute Gasteiger partial charge is 0.416 e. The maximum atomic E-state index is 13.7. The van der Waals surface area contributed by atoms with Crippen molar-refractivity contribution >= 4 is 23.7 Å². The summed E-state index contributed by atoms with van der Waals surface area (Å²) >= 11 is 0. The average molecular weight is 648 g/mol. The highest BCUT2D eigenvalue weighted by atomic mass is 19.4. The molecule has 4 amide bonds. The van der Waals surface area contributed by atoms with E-state index in [1.165, 1.54) is 30.0 Å². The number of aromatic nitrogens is 1. The van der Waals surface area contributed by atoms with Gasteiger partial charge in [0.25, 0.3) is 0 Å². The number of nitrogens with zero attached hydrogens (tertiary/aromatic N) is 5. The van der Waals surface area contributed by atoms with Crippen LogP contribution in [0, 0.1) is 11.7 Å².